The van der Waals surface area contributed by atoms with Gasteiger partial charge in [-0.2, -0.15) is 4.31 Å². The van der Waals surface area contributed by atoms with Crippen LogP contribution >= 0.6 is 0 Å². The number of pyridine rings is 1. The Morgan fingerprint density at radius 1 is 1.03 bits per heavy atom. The number of rotatable bonds is 5. The highest BCUT2D eigenvalue weighted by Crippen LogP contribution is 2.24. The molecule has 0 bridgehead atoms. The molecule has 1 amide bonds. The van der Waals surface area contributed by atoms with Crippen LogP contribution in [0, 0.1) is 0 Å². The van der Waals surface area contributed by atoms with Gasteiger partial charge in [-0.3, -0.25) is 9.59 Å². The molecule has 7 nitrogen and oxygen atoms in total. The molecule has 0 unspecified atom stereocenters. The molecule has 1 saturated heterocycles. The van der Waals surface area contributed by atoms with Gasteiger partial charge >= 0.3 is 0 Å². The molecule has 2 aromatic rings. The number of nitrogens with one attached hydrogen (secondary N) is 1. The number of carbonyl (C=O) groups excluding carboxylic acids is 1. The third-order valence-electron chi connectivity index (χ3n) is 6.78. The Labute approximate surface area is 189 Å². The molecular weight excluding hydrogens is 426 g/mol. The van der Waals surface area contributed by atoms with E-state index in [1.807, 2.05) is 11.5 Å². The van der Waals surface area contributed by atoms with Gasteiger partial charge in [-0.25, -0.2) is 8.42 Å². The monoisotopic (exact) mass is 459 g/mol. The first-order chi connectivity index (χ1) is 15.4. The lowest BCUT2D eigenvalue weighted by atomic mass is 9.95. The Hall–Kier alpha value is -2.19. The summed E-state index contributed by atoms with van der Waals surface area (Å²) in [5, 5.41) is 3.29. The molecular formula is C24H33N3O4S. The van der Waals surface area contributed by atoms with Gasteiger partial charge in [-0.15, -0.1) is 0 Å². The van der Waals surface area contributed by atoms with Crippen LogP contribution < -0.4 is 10.7 Å². The molecule has 2 aliphatic rings. The molecule has 0 spiro atoms. The van der Waals surface area contributed by atoms with Crippen molar-refractivity contribution in [2.75, 3.05) is 13.1 Å². The van der Waals surface area contributed by atoms with E-state index in [1.54, 1.807) is 18.3 Å². The van der Waals surface area contributed by atoms with E-state index >= 15 is 0 Å². The number of carbonyl (C=O) groups is 1. The zero-order chi connectivity index (χ0) is 22.7. The van der Waals surface area contributed by atoms with Crippen LogP contribution in [0.5, 0.6) is 0 Å². The summed E-state index contributed by atoms with van der Waals surface area (Å²) in [7, 11) is -3.68. The van der Waals surface area contributed by atoms with Crippen molar-refractivity contribution < 1.29 is 13.2 Å². The second-order valence-corrected chi connectivity index (χ2v) is 10.9. The molecule has 1 aromatic carbocycles. The van der Waals surface area contributed by atoms with Gasteiger partial charge in [0, 0.05) is 37.3 Å². The minimum Gasteiger partial charge on any atom is -0.349 e. The molecule has 2 heterocycles. The topological polar surface area (TPSA) is 88.5 Å². The number of nitrogens with zero attached hydrogens (tertiary/aromatic N) is 2. The number of benzene rings is 1. The zero-order valence-electron chi connectivity index (χ0n) is 18.8. The van der Waals surface area contributed by atoms with Crippen LogP contribution in [0.1, 0.15) is 75.1 Å². The SMILES string of the molecule is CCn1cc(C(=O)NC2CCCCC2)c(=O)c2cc(S(=O)(=O)N3CCCCCC3)ccc21. The Bertz CT molecular complexity index is 1140. The summed E-state index contributed by atoms with van der Waals surface area (Å²) >= 11 is 0. The van der Waals surface area contributed by atoms with Crippen LogP contribution in [-0.4, -0.2) is 42.3 Å². The summed E-state index contributed by atoms with van der Waals surface area (Å²) in [5.74, 6) is -0.369. The molecule has 0 radical (unpaired) electrons. The molecule has 2 fully saturated rings. The molecule has 0 atom stereocenters. The standard InChI is InChI=1S/C24H33N3O4S/c1-2-26-17-21(24(29)25-18-10-6-5-7-11-18)23(28)20-16-19(12-13-22(20)26)32(30,31)27-14-8-3-4-9-15-27/h12-13,16-18H,2-11,14-15H2,1H3,(H,25,29). The zero-order valence-corrected chi connectivity index (χ0v) is 19.6. The van der Waals surface area contributed by atoms with Crippen LogP contribution in [0.2, 0.25) is 0 Å². The van der Waals surface area contributed by atoms with Crippen LogP contribution in [0.25, 0.3) is 10.9 Å². The molecule has 1 aromatic heterocycles. The van der Waals surface area contributed by atoms with Gasteiger partial charge in [0.05, 0.1) is 10.4 Å². The summed E-state index contributed by atoms with van der Waals surface area (Å²) in [6, 6.07) is 4.82. The average Bonchev–Trinajstić information content (AvgIpc) is 3.10. The maximum absolute atomic E-state index is 13.3. The van der Waals surface area contributed by atoms with E-state index in [9.17, 15) is 18.0 Å². The Morgan fingerprint density at radius 3 is 2.34 bits per heavy atom. The first kappa shape index (κ1) is 23.0. The van der Waals surface area contributed by atoms with Gasteiger partial charge in [-0.05, 0) is 50.8 Å². The van der Waals surface area contributed by atoms with Gasteiger partial charge in [0.1, 0.15) is 5.56 Å². The van der Waals surface area contributed by atoms with Gasteiger partial charge in [-0.1, -0.05) is 32.1 Å². The van der Waals surface area contributed by atoms with E-state index in [0.717, 1.165) is 51.4 Å². The predicted octanol–water partition coefficient (Wildman–Crippen LogP) is 3.65. The lowest BCUT2D eigenvalue weighted by Crippen LogP contribution is -2.38. The number of hydrogen-bond donors (Lipinski definition) is 1. The number of aromatic nitrogens is 1. The largest absolute Gasteiger partial charge is 0.349 e. The first-order valence-corrected chi connectivity index (χ1v) is 13.3. The van der Waals surface area contributed by atoms with Crippen LogP contribution in [0.4, 0.5) is 0 Å². The molecule has 1 saturated carbocycles. The minimum atomic E-state index is -3.68. The van der Waals surface area contributed by atoms with E-state index in [-0.39, 0.29) is 27.8 Å². The summed E-state index contributed by atoms with van der Waals surface area (Å²) in [6.45, 7) is 3.51. The van der Waals surface area contributed by atoms with Crippen molar-refractivity contribution in [3.8, 4) is 0 Å². The number of sulfonamides is 1. The van der Waals surface area contributed by atoms with E-state index in [1.165, 1.54) is 16.8 Å². The maximum atomic E-state index is 13.3. The third kappa shape index (κ3) is 4.62. The van der Waals surface area contributed by atoms with Crippen molar-refractivity contribution in [2.24, 2.45) is 0 Å². The highest BCUT2D eigenvalue weighted by Gasteiger charge is 2.27. The van der Waals surface area contributed by atoms with Gasteiger partial charge in [0.15, 0.2) is 0 Å². The van der Waals surface area contributed by atoms with Crippen molar-refractivity contribution in [2.45, 2.75) is 82.2 Å². The van der Waals surface area contributed by atoms with Gasteiger partial charge in [0.25, 0.3) is 5.91 Å². The maximum Gasteiger partial charge on any atom is 0.256 e. The van der Waals surface area contributed by atoms with Crippen LogP contribution in [0.15, 0.2) is 34.1 Å². The molecule has 32 heavy (non-hydrogen) atoms. The molecule has 1 aliphatic heterocycles. The van der Waals surface area contributed by atoms with Crippen LogP contribution in [-0.2, 0) is 16.6 Å². The number of amides is 1. The second kappa shape index (κ2) is 9.75. The van der Waals surface area contributed by atoms with E-state index in [0.29, 0.717) is 25.2 Å². The molecule has 4 rings (SSSR count). The van der Waals surface area contributed by atoms with Gasteiger partial charge < -0.3 is 9.88 Å². The minimum absolute atomic E-state index is 0.0780. The van der Waals surface area contributed by atoms with E-state index < -0.39 is 15.5 Å². The van der Waals surface area contributed by atoms with Crippen molar-refractivity contribution in [1.82, 2.24) is 14.2 Å². The number of hydrogen-bond acceptors (Lipinski definition) is 4. The van der Waals surface area contributed by atoms with Gasteiger partial charge in [0.2, 0.25) is 15.5 Å². The summed E-state index contributed by atoms with van der Waals surface area (Å²) < 4.78 is 29.9. The smallest absolute Gasteiger partial charge is 0.256 e. The number of aryl methyl sites for hydroxylation is 1. The summed E-state index contributed by atoms with van der Waals surface area (Å²) in [5.41, 5.74) is 0.307. The summed E-state index contributed by atoms with van der Waals surface area (Å²) in [6.07, 6.45) is 10.6. The van der Waals surface area contributed by atoms with Crippen molar-refractivity contribution in [1.29, 1.82) is 0 Å². The Kier molecular flexibility index (Phi) is 7.00. The van der Waals surface area contributed by atoms with E-state index in [4.69, 9.17) is 0 Å². The highest BCUT2D eigenvalue weighted by atomic mass is 32.2. The van der Waals surface area contributed by atoms with Crippen molar-refractivity contribution in [3.05, 3.63) is 40.2 Å². The fourth-order valence-corrected chi connectivity index (χ4v) is 6.45. The molecule has 1 aliphatic carbocycles. The normalized spacial score (nSPS) is 19.0. The molecule has 8 heteroatoms. The lowest BCUT2D eigenvalue weighted by Gasteiger charge is -2.23. The lowest BCUT2D eigenvalue weighted by molar-refractivity contribution is 0.0926. The Balaban J connectivity index is 1.73. The predicted molar refractivity (Wildman–Crippen MR) is 125 cm³/mol. The van der Waals surface area contributed by atoms with Crippen molar-refractivity contribution >= 4 is 26.8 Å². The summed E-state index contributed by atoms with van der Waals surface area (Å²) in [4.78, 5) is 26.4. The van der Waals surface area contributed by atoms with E-state index in [2.05, 4.69) is 5.32 Å². The fourth-order valence-electron chi connectivity index (χ4n) is 4.90. The molecule has 174 valence electrons. The average molecular weight is 460 g/mol. The Morgan fingerprint density at radius 2 is 1.69 bits per heavy atom. The highest BCUT2D eigenvalue weighted by molar-refractivity contribution is 7.89. The third-order valence-corrected chi connectivity index (χ3v) is 8.67. The first-order valence-electron chi connectivity index (χ1n) is 11.9. The molecule has 1 N–H and O–H groups in total. The van der Waals surface area contributed by atoms with Crippen LogP contribution in [0.3, 0.4) is 0 Å². The quantitative estimate of drug-likeness (QED) is 0.739. The fraction of sp³-hybridized carbons (Fsp3) is 0.583. The second-order valence-electron chi connectivity index (χ2n) is 8.96. The van der Waals surface area contributed by atoms with Crippen molar-refractivity contribution in [3.63, 3.8) is 0 Å². The number of fused-ring (bicyclic) bond motifs is 1.